The first-order chi connectivity index (χ1) is 5.86. The molecule has 0 atom stereocenters. The van der Waals surface area contributed by atoms with Crippen LogP contribution in [0.3, 0.4) is 0 Å². The summed E-state index contributed by atoms with van der Waals surface area (Å²) in [5.74, 6) is 0.880. The normalized spacial score (nSPS) is 10.1. The molecule has 0 N–H and O–H groups in total. The van der Waals surface area contributed by atoms with Gasteiger partial charge >= 0.3 is 0 Å². The SMILES string of the molecule is Sc1cccc(-c2ccco2)c1. The summed E-state index contributed by atoms with van der Waals surface area (Å²) in [6.07, 6.45) is 1.67. The molecule has 0 aliphatic rings. The molecular weight excluding hydrogens is 168 g/mol. The van der Waals surface area contributed by atoms with E-state index in [1.807, 2.05) is 36.4 Å². The molecule has 0 fully saturated rings. The number of hydrogen-bond acceptors (Lipinski definition) is 2. The van der Waals surface area contributed by atoms with Crippen LogP contribution in [0.25, 0.3) is 11.3 Å². The Kier molecular flexibility index (Phi) is 1.92. The molecule has 1 nitrogen and oxygen atoms in total. The van der Waals surface area contributed by atoms with Gasteiger partial charge in [-0.25, -0.2) is 0 Å². The Bertz CT molecular complexity index is 365. The first-order valence-corrected chi connectivity index (χ1v) is 4.14. The first-order valence-electron chi connectivity index (χ1n) is 3.69. The summed E-state index contributed by atoms with van der Waals surface area (Å²) in [6, 6.07) is 11.7. The van der Waals surface area contributed by atoms with E-state index in [-0.39, 0.29) is 0 Å². The maximum Gasteiger partial charge on any atom is 0.133 e. The summed E-state index contributed by atoms with van der Waals surface area (Å²) in [7, 11) is 0. The van der Waals surface area contributed by atoms with Crippen LogP contribution in [0.5, 0.6) is 0 Å². The van der Waals surface area contributed by atoms with Gasteiger partial charge in [0.1, 0.15) is 5.76 Å². The average Bonchev–Trinajstić information content (AvgIpc) is 2.56. The zero-order valence-electron chi connectivity index (χ0n) is 6.40. The number of furan rings is 1. The summed E-state index contributed by atoms with van der Waals surface area (Å²) in [5, 5.41) is 0. The topological polar surface area (TPSA) is 13.1 Å². The smallest absolute Gasteiger partial charge is 0.133 e. The zero-order chi connectivity index (χ0) is 8.39. The van der Waals surface area contributed by atoms with E-state index in [1.54, 1.807) is 6.26 Å². The van der Waals surface area contributed by atoms with Crippen molar-refractivity contribution in [2.24, 2.45) is 0 Å². The first kappa shape index (κ1) is 7.50. The lowest BCUT2D eigenvalue weighted by Gasteiger charge is -1.96. The number of thiol groups is 1. The van der Waals surface area contributed by atoms with Crippen molar-refractivity contribution in [3.63, 3.8) is 0 Å². The molecule has 2 aromatic rings. The molecule has 0 aliphatic carbocycles. The Balaban J connectivity index is 2.48. The molecule has 12 heavy (non-hydrogen) atoms. The van der Waals surface area contributed by atoms with Gasteiger partial charge in [0.15, 0.2) is 0 Å². The van der Waals surface area contributed by atoms with E-state index in [4.69, 9.17) is 4.42 Å². The van der Waals surface area contributed by atoms with Gasteiger partial charge in [0, 0.05) is 10.5 Å². The fourth-order valence-corrected chi connectivity index (χ4v) is 1.33. The van der Waals surface area contributed by atoms with Crippen LogP contribution in [0.15, 0.2) is 52.0 Å². The molecule has 0 amide bonds. The monoisotopic (exact) mass is 176 g/mol. The molecule has 2 rings (SSSR count). The predicted molar refractivity (Wildman–Crippen MR) is 51.4 cm³/mol. The van der Waals surface area contributed by atoms with Gasteiger partial charge in [-0.1, -0.05) is 12.1 Å². The van der Waals surface area contributed by atoms with E-state index in [2.05, 4.69) is 12.6 Å². The van der Waals surface area contributed by atoms with Crippen LogP contribution in [0.2, 0.25) is 0 Å². The highest BCUT2D eigenvalue weighted by atomic mass is 32.1. The Morgan fingerprint density at radius 2 is 2.00 bits per heavy atom. The van der Waals surface area contributed by atoms with Gasteiger partial charge in [-0.05, 0) is 24.3 Å². The van der Waals surface area contributed by atoms with Gasteiger partial charge in [-0.15, -0.1) is 12.6 Å². The second-order valence-electron chi connectivity index (χ2n) is 2.53. The maximum atomic E-state index is 5.24. The Morgan fingerprint density at radius 1 is 1.08 bits per heavy atom. The minimum atomic E-state index is 0.880. The molecule has 1 heterocycles. The lowest BCUT2D eigenvalue weighted by Crippen LogP contribution is -1.72. The number of benzene rings is 1. The molecule has 60 valence electrons. The van der Waals surface area contributed by atoms with E-state index in [1.165, 1.54) is 0 Å². The molecule has 0 saturated carbocycles. The van der Waals surface area contributed by atoms with Crippen LogP contribution in [-0.4, -0.2) is 0 Å². The van der Waals surface area contributed by atoms with Crippen molar-refractivity contribution in [2.45, 2.75) is 4.90 Å². The highest BCUT2D eigenvalue weighted by Crippen LogP contribution is 2.21. The fourth-order valence-electron chi connectivity index (χ4n) is 1.10. The highest BCUT2D eigenvalue weighted by Gasteiger charge is 1.98. The van der Waals surface area contributed by atoms with Gasteiger partial charge in [0.2, 0.25) is 0 Å². The predicted octanol–water partition coefficient (Wildman–Crippen LogP) is 3.24. The summed E-state index contributed by atoms with van der Waals surface area (Å²) in [6.45, 7) is 0. The van der Waals surface area contributed by atoms with Gasteiger partial charge in [0.25, 0.3) is 0 Å². The largest absolute Gasteiger partial charge is 0.464 e. The van der Waals surface area contributed by atoms with Gasteiger partial charge < -0.3 is 4.42 Å². The standard InChI is InChI=1S/C10H8OS/c12-9-4-1-3-8(7-9)10-5-2-6-11-10/h1-7,12H. The van der Waals surface area contributed by atoms with Gasteiger partial charge in [0.05, 0.1) is 6.26 Å². The summed E-state index contributed by atoms with van der Waals surface area (Å²) >= 11 is 4.24. The second kappa shape index (κ2) is 3.07. The third-order valence-electron chi connectivity index (χ3n) is 1.65. The van der Waals surface area contributed by atoms with Crippen LogP contribution >= 0.6 is 12.6 Å². The Hall–Kier alpha value is -1.15. The quantitative estimate of drug-likeness (QED) is 0.658. The van der Waals surface area contributed by atoms with Crippen molar-refractivity contribution in [3.8, 4) is 11.3 Å². The molecule has 0 aliphatic heterocycles. The summed E-state index contributed by atoms with van der Waals surface area (Å²) in [5.41, 5.74) is 1.06. The molecule has 1 aromatic heterocycles. The summed E-state index contributed by atoms with van der Waals surface area (Å²) in [4.78, 5) is 0.948. The molecule has 0 spiro atoms. The third kappa shape index (κ3) is 1.38. The van der Waals surface area contributed by atoms with Gasteiger partial charge in [-0.3, -0.25) is 0 Å². The van der Waals surface area contributed by atoms with E-state index in [0.29, 0.717) is 0 Å². The Morgan fingerprint density at radius 3 is 2.67 bits per heavy atom. The van der Waals surface area contributed by atoms with Crippen molar-refractivity contribution in [1.82, 2.24) is 0 Å². The second-order valence-corrected chi connectivity index (χ2v) is 3.04. The van der Waals surface area contributed by atoms with E-state index in [9.17, 15) is 0 Å². The maximum absolute atomic E-state index is 5.24. The highest BCUT2D eigenvalue weighted by molar-refractivity contribution is 7.80. The van der Waals surface area contributed by atoms with E-state index >= 15 is 0 Å². The van der Waals surface area contributed by atoms with E-state index in [0.717, 1.165) is 16.2 Å². The van der Waals surface area contributed by atoms with Crippen molar-refractivity contribution >= 4 is 12.6 Å². The molecule has 2 heteroatoms. The minimum Gasteiger partial charge on any atom is -0.464 e. The Labute approximate surface area is 76.4 Å². The molecular formula is C10H8OS. The number of hydrogen-bond donors (Lipinski definition) is 1. The van der Waals surface area contributed by atoms with Crippen molar-refractivity contribution in [2.75, 3.05) is 0 Å². The minimum absolute atomic E-state index is 0.880. The van der Waals surface area contributed by atoms with Crippen LogP contribution in [0.4, 0.5) is 0 Å². The average molecular weight is 176 g/mol. The molecule has 0 saturated heterocycles. The molecule has 0 unspecified atom stereocenters. The lowest BCUT2D eigenvalue weighted by atomic mass is 10.2. The van der Waals surface area contributed by atoms with Crippen LogP contribution in [-0.2, 0) is 0 Å². The van der Waals surface area contributed by atoms with Gasteiger partial charge in [-0.2, -0.15) is 0 Å². The lowest BCUT2D eigenvalue weighted by molar-refractivity contribution is 0.582. The van der Waals surface area contributed by atoms with Crippen molar-refractivity contribution in [1.29, 1.82) is 0 Å². The van der Waals surface area contributed by atoms with Crippen LogP contribution < -0.4 is 0 Å². The summed E-state index contributed by atoms with van der Waals surface area (Å²) < 4.78 is 5.24. The molecule has 0 radical (unpaired) electrons. The molecule has 1 aromatic carbocycles. The van der Waals surface area contributed by atoms with E-state index < -0.39 is 0 Å². The number of rotatable bonds is 1. The third-order valence-corrected chi connectivity index (χ3v) is 1.93. The fraction of sp³-hybridized carbons (Fsp3) is 0. The van der Waals surface area contributed by atoms with Crippen LogP contribution in [0, 0.1) is 0 Å². The van der Waals surface area contributed by atoms with Crippen molar-refractivity contribution in [3.05, 3.63) is 42.7 Å². The zero-order valence-corrected chi connectivity index (χ0v) is 7.29. The van der Waals surface area contributed by atoms with Crippen molar-refractivity contribution < 1.29 is 4.42 Å². The van der Waals surface area contributed by atoms with Crippen LogP contribution in [0.1, 0.15) is 0 Å². The molecule has 0 bridgehead atoms.